The minimum Gasteiger partial charge on any atom is -0.487 e. The Kier molecular flexibility index (Phi) is 5.49. The molecule has 0 spiro atoms. The first kappa shape index (κ1) is 19.1. The minimum atomic E-state index is -0.347. The van der Waals surface area contributed by atoms with Gasteiger partial charge >= 0.3 is 0 Å². The number of ether oxygens (including phenoxy) is 2. The molecular weight excluding hydrogens is 418 g/mol. The molecule has 1 N–H and O–H groups in total. The molecule has 3 rings (SSSR count). The molecule has 6 heteroatoms. The van der Waals surface area contributed by atoms with Crippen LogP contribution in [0.3, 0.4) is 0 Å². The van der Waals surface area contributed by atoms with E-state index in [1.807, 2.05) is 32.9 Å². The topological polar surface area (TPSA) is 47.6 Å². The van der Waals surface area contributed by atoms with Gasteiger partial charge in [-0.2, -0.15) is 0 Å². The molecule has 1 heterocycles. The van der Waals surface area contributed by atoms with Gasteiger partial charge in [0.15, 0.2) is 6.61 Å². The van der Waals surface area contributed by atoms with E-state index in [0.29, 0.717) is 21.7 Å². The molecular formula is C20H21BrClNO3. The highest BCUT2D eigenvalue weighted by Crippen LogP contribution is 2.39. The van der Waals surface area contributed by atoms with E-state index >= 15 is 0 Å². The molecule has 0 aromatic heterocycles. The molecule has 1 amide bonds. The van der Waals surface area contributed by atoms with Crippen LogP contribution in [0.25, 0.3) is 0 Å². The summed E-state index contributed by atoms with van der Waals surface area (Å²) in [4.78, 5) is 12.5. The van der Waals surface area contributed by atoms with Crippen molar-refractivity contribution in [2.24, 2.45) is 0 Å². The third-order valence-electron chi connectivity index (χ3n) is 4.21. The average Bonchev–Trinajstić information content (AvgIpc) is 2.54. The predicted octanol–water partition coefficient (Wildman–Crippen LogP) is 5.21. The largest absolute Gasteiger partial charge is 0.487 e. The van der Waals surface area contributed by atoms with E-state index < -0.39 is 0 Å². The maximum Gasteiger partial charge on any atom is 0.258 e. The molecule has 4 nitrogen and oxygen atoms in total. The fourth-order valence-corrected chi connectivity index (χ4v) is 3.87. The molecule has 138 valence electrons. The van der Waals surface area contributed by atoms with E-state index in [1.54, 1.807) is 18.2 Å². The summed E-state index contributed by atoms with van der Waals surface area (Å²) in [5, 5.41) is 3.68. The third-order valence-corrected chi connectivity index (χ3v) is 5.07. The lowest BCUT2D eigenvalue weighted by molar-refractivity contribution is -0.124. The molecule has 0 radical (unpaired) electrons. The van der Waals surface area contributed by atoms with Gasteiger partial charge in [0.05, 0.1) is 10.5 Å². The second-order valence-corrected chi connectivity index (χ2v) is 8.38. The highest BCUT2D eigenvalue weighted by atomic mass is 79.9. The third kappa shape index (κ3) is 4.51. The number of amides is 1. The molecule has 0 aliphatic carbocycles. The van der Waals surface area contributed by atoms with Crippen LogP contribution in [0.5, 0.6) is 11.5 Å². The molecule has 0 saturated heterocycles. The van der Waals surface area contributed by atoms with Crippen molar-refractivity contribution in [1.29, 1.82) is 0 Å². The van der Waals surface area contributed by atoms with E-state index in [2.05, 4.69) is 27.3 Å². The number of aryl methyl sites for hydroxylation is 1. The van der Waals surface area contributed by atoms with Gasteiger partial charge in [0, 0.05) is 17.0 Å². The number of hydrogen-bond acceptors (Lipinski definition) is 3. The first-order valence-electron chi connectivity index (χ1n) is 8.40. The van der Waals surface area contributed by atoms with Crippen LogP contribution in [0.4, 0.5) is 0 Å². The maximum absolute atomic E-state index is 12.5. The van der Waals surface area contributed by atoms with E-state index in [4.69, 9.17) is 21.1 Å². The van der Waals surface area contributed by atoms with E-state index in [0.717, 1.165) is 16.9 Å². The number of benzene rings is 2. The number of halogens is 2. The van der Waals surface area contributed by atoms with Crippen molar-refractivity contribution in [2.45, 2.75) is 38.8 Å². The summed E-state index contributed by atoms with van der Waals surface area (Å²) < 4.78 is 12.4. The van der Waals surface area contributed by atoms with Crippen molar-refractivity contribution >= 4 is 33.4 Å². The fourth-order valence-electron chi connectivity index (χ4n) is 3.07. The summed E-state index contributed by atoms with van der Waals surface area (Å²) in [5.74, 6) is 1.22. The molecule has 1 atom stereocenters. The monoisotopic (exact) mass is 437 g/mol. The van der Waals surface area contributed by atoms with Crippen LogP contribution in [0.1, 0.15) is 37.4 Å². The van der Waals surface area contributed by atoms with Gasteiger partial charge in [0.1, 0.15) is 17.1 Å². The second-order valence-electron chi connectivity index (χ2n) is 7.09. The molecule has 1 unspecified atom stereocenters. The van der Waals surface area contributed by atoms with Crippen molar-refractivity contribution < 1.29 is 14.3 Å². The number of fused-ring (bicyclic) bond motifs is 1. The lowest BCUT2D eigenvalue weighted by atomic mass is 9.89. The maximum atomic E-state index is 12.5. The summed E-state index contributed by atoms with van der Waals surface area (Å²) in [6.07, 6.45) is 0.694. The molecule has 2 aromatic carbocycles. The Morgan fingerprint density at radius 2 is 2.12 bits per heavy atom. The SMILES string of the molecule is Cc1ccc2c(c1)C(NC(=O)COc1ccc(Cl)cc1Br)CC(C)(C)O2. The number of rotatable bonds is 4. The Labute approximate surface area is 167 Å². The average molecular weight is 439 g/mol. The number of nitrogens with one attached hydrogen (secondary N) is 1. The zero-order valence-corrected chi connectivity index (χ0v) is 17.3. The Hall–Kier alpha value is -1.72. The normalized spacial score (nSPS) is 17.8. The van der Waals surface area contributed by atoms with Crippen LogP contribution in [-0.2, 0) is 4.79 Å². The lowest BCUT2D eigenvalue weighted by Gasteiger charge is -2.38. The summed E-state index contributed by atoms with van der Waals surface area (Å²) in [7, 11) is 0. The smallest absolute Gasteiger partial charge is 0.258 e. The van der Waals surface area contributed by atoms with E-state index in [9.17, 15) is 4.79 Å². The zero-order chi connectivity index (χ0) is 18.9. The van der Waals surface area contributed by atoms with Crippen LogP contribution in [0.15, 0.2) is 40.9 Å². The van der Waals surface area contributed by atoms with Gasteiger partial charge in [-0.1, -0.05) is 29.3 Å². The molecule has 2 aromatic rings. The Bertz CT molecular complexity index is 838. The Morgan fingerprint density at radius 1 is 1.35 bits per heavy atom. The second kappa shape index (κ2) is 7.49. The van der Waals surface area contributed by atoms with E-state index in [1.165, 1.54) is 0 Å². The summed E-state index contributed by atoms with van der Waals surface area (Å²) in [5.41, 5.74) is 1.79. The molecule has 1 aliphatic heterocycles. The zero-order valence-electron chi connectivity index (χ0n) is 14.9. The number of carbonyl (C=O) groups excluding carboxylic acids is 1. The van der Waals surface area contributed by atoms with Crippen LogP contribution in [0.2, 0.25) is 5.02 Å². The predicted molar refractivity (Wildman–Crippen MR) is 106 cm³/mol. The van der Waals surface area contributed by atoms with E-state index in [-0.39, 0.29) is 24.2 Å². The summed E-state index contributed by atoms with van der Waals surface area (Å²) in [6, 6.07) is 11.1. The van der Waals surface area contributed by atoms with Gasteiger partial charge in [-0.05, 0) is 61.0 Å². The van der Waals surface area contributed by atoms with Crippen molar-refractivity contribution in [1.82, 2.24) is 5.32 Å². The number of carbonyl (C=O) groups is 1. The van der Waals surface area contributed by atoms with Crippen molar-refractivity contribution in [3.05, 3.63) is 57.0 Å². The molecule has 0 fully saturated rings. The van der Waals surface area contributed by atoms with Gasteiger partial charge in [0.25, 0.3) is 5.91 Å². The standard InChI is InChI=1S/C20H21BrClNO3/c1-12-4-6-17-14(8-12)16(10-20(2,3)26-17)23-19(24)11-25-18-7-5-13(22)9-15(18)21/h4-9,16H,10-11H2,1-3H3,(H,23,24). The highest BCUT2D eigenvalue weighted by molar-refractivity contribution is 9.10. The van der Waals surface area contributed by atoms with Crippen molar-refractivity contribution in [2.75, 3.05) is 6.61 Å². The van der Waals surface area contributed by atoms with Crippen LogP contribution in [-0.4, -0.2) is 18.1 Å². The number of hydrogen-bond donors (Lipinski definition) is 1. The van der Waals surface area contributed by atoms with Crippen LogP contribution < -0.4 is 14.8 Å². The first-order valence-corrected chi connectivity index (χ1v) is 9.57. The van der Waals surface area contributed by atoms with Gasteiger partial charge in [0.2, 0.25) is 0 Å². The van der Waals surface area contributed by atoms with Gasteiger partial charge < -0.3 is 14.8 Å². The van der Waals surface area contributed by atoms with Gasteiger partial charge in [-0.25, -0.2) is 0 Å². The molecule has 0 saturated carbocycles. The molecule has 0 bridgehead atoms. The van der Waals surface area contributed by atoms with Crippen molar-refractivity contribution in [3.8, 4) is 11.5 Å². The first-order chi connectivity index (χ1) is 12.2. The van der Waals surface area contributed by atoms with Gasteiger partial charge in [-0.15, -0.1) is 0 Å². The molecule has 26 heavy (non-hydrogen) atoms. The summed E-state index contributed by atoms with van der Waals surface area (Å²) >= 11 is 9.30. The Morgan fingerprint density at radius 3 is 2.85 bits per heavy atom. The lowest BCUT2D eigenvalue weighted by Crippen LogP contribution is -2.42. The van der Waals surface area contributed by atoms with Crippen LogP contribution in [0, 0.1) is 6.92 Å². The molecule has 1 aliphatic rings. The van der Waals surface area contributed by atoms with Crippen molar-refractivity contribution in [3.63, 3.8) is 0 Å². The minimum absolute atomic E-state index is 0.0703. The summed E-state index contributed by atoms with van der Waals surface area (Å²) in [6.45, 7) is 6.01. The van der Waals surface area contributed by atoms with Crippen LogP contribution >= 0.6 is 27.5 Å². The van der Waals surface area contributed by atoms with Gasteiger partial charge in [-0.3, -0.25) is 4.79 Å². The highest BCUT2D eigenvalue weighted by Gasteiger charge is 2.34. The fraction of sp³-hybridized carbons (Fsp3) is 0.350. The Balaban J connectivity index is 1.70. The quantitative estimate of drug-likeness (QED) is 0.713.